The summed E-state index contributed by atoms with van der Waals surface area (Å²) in [5.74, 6) is -0.192. The lowest BCUT2D eigenvalue weighted by Gasteiger charge is -2.32. The van der Waals surface area contributed by atoms with E-state index in [1.54, 1.807) is 0 Å². The molecule has 4 aromatic heterocycles. The van der Waals surface area contributed by atoms with Crippen molar-refractivity contribution in [3.8, 4) is 0 Å². The number of aromatic amines is 1. The van der Waals surface area contributed by atoms with E-state index < -0.39 is 81.4 Å². The van der Waals surface area contributed by atoms with Gasteiger partial charge in [-0.25, -0.2) is 24.3 Å². The Morgan fingerprint density at radius 2 is 1.69 bits per heavy atom. The summed E-state index contributed by atoms with van der Waals surface area (Å²) in [5.41, 5.74) is 11.0. The highest BCUT2D eigenvalue weighted by atomic mass is 32.7. The average molecular weight is 708 g/mol. The topological polar surface area (TPSA) is 272 Å². The summed E-state index contributed by atoms with van der Waals surface area (Å²) in [6, 6.07) is 0. The van der Waals surface area contributed by atoms with E-state index in [0.717, 1.165) is 12.7 Å². The summed E-state index contributed by atoms with van der Waals surface area (Å²) in [5, 5.41) is 11.1. The van der Waals surface area contributed by atoms with Crippen molar-refractivity contribution >= 4 is 71.7 Å². The third kappa shape index (κ3) is 5.55. The van der Waals surface area contributed by atoms with E-state index in [9.17, 15) is 19.4 Å². The highest BCUT2D eigenvalue weighted by Gasteiger charge is 2.52. The first kappa shape index (κ1) is 31.0. The van der Waals surface area contributed by atoms with E-state index in [4.69, 9.17) is 63.1 Å². The van der Waals surface area contributed by atoms with Gasteiger partial charge in [0, 0.05) is 0 Å². The fourth-order valence-electron chi connectivity index (χ4n) is 5.25. The van der Waals surface area contributed by atoms with Crippen LogP contribution >= 0.6 is 13.5 Å². The van der Waals surface area contributed by atoms with Crippen LogP contribution in [0, 0.1) is 0 Å². The van der Waals surface area contributed by atoms with Crippen molar-refractivity contribution in [3.05, 3.63) is 29.3 Å². The number of aliphatic hydroxyl groups excluding tert-OH is 1. The van der Waals surface area contributed by atoms with Gasteiger partial charge < -0.3 is 56.8 Å². The fourth-order valence-corrected chi connectivity index (χ4v) is 8.09. The maximum absolute atomic E-state index is 16.0. The summed E-state index contributed by atoms with van der Waals surface area (Å²) in [6.07, 6.45) is -8.71. The quantitative estimate of drug-likeness (QED) is 0.127. The molecular formula is C20H22FN10O10P2S2-. The van der Waals surface area contributed by atoms with Crippen molar-refractivity contribution in [1.82, 2.24) is 39.0 Å². The van der Waals surface area contributed by atoms with Crippen molar-refractivity contribution in [1.29, 1.82) is 0 Å². The number of nitrogens with two attached hydrogens (primary N) is 2. The van der Waals surface area contributed by atoms with Gasteiger partial charge in [0.2, 0.25) is 12.7 Å². The van der Waals surface area contributed by atoms with Crippen LogP contribution in [0.3, 0.4) is 0 Å². The first-order valence-electron chi connectivity index (χ1n) is 12.9. The number of fused-ring (bicyclic) bond motifs is 5. The lowest BCUT2D eigenvalue weighted by atomic mass is 10.1. The number of H-pyrrole nitrogens is 1. The summed E-state index contributed by atoms with van der Waals surface area (Å²) in [6.45, 7) is -10.1. The monoisotopic (exact) mass is 707 g/mol. The molecule has 45 heavy (non-hydrogen) atoms. The first-order chi connectivity index (χ1) is 21.3. The van der Waals surface area contributed by atoms with E-state index >= 15 is 4.39 Å². The number of nitrogen functional groups attached to an aromatic ring is 2. The molecule has 2 bridgehead atoms. The van der Waals surface area contributed by atoms with Crippen LogP contribution in [-0.2, 0) is 56.2 Å². The minimum Gasteiger partial charge on any atom is -0.660 e. The molecule has 7 heterocycles. The zero-order chi connectivity index (χ0) is 31.8. The first-order valence-corrected chi connectivity index (χ1v) is 18.0. The molecule has 0 radical (unpaired) electrons. The van der Waals surface area contributed by atoms with Crippen LogP contribution < -0.4 is 17.0 Å². The number of nitrogens with one attached hydrogen (secondary N) is 1. The standard InChI is InChI=1S/C20H23FN10O10P2S2/c21-8-12-7(39-18(8)30-4-26-9-14(22)24-3-25-15(9)30)2-37-43(35,45)41-13-11(32)6(1-36-42(34,44)40-12)38-19(13)31-5-27-10-16(31)28-20(23)29-17(10)33/h3-8,11-13,18-19,32H,1-2H2,(H,34,44)(H,35,45)(H2,22,24,25)(H3,23,28,29,33)/p-1/t6-,7-,8?,11?,12+,13+,18-,19-,42?,43?/m1/s1. The summed E-state index contributed by atoms with van der Waals surface area (Å²) in [4.78, 5) is 45.7. The van der Waals surface area contributed by atoms with Crippen LogP contribution in [0.1, 0.15) is 12.5 Å². The molecule has 7 N–H and O–H groups in total. The van der Waals surface area contributed by atoms with Crippen LogP contribution in [0.15, 0.2) is 23.8 Å². The zero-order valence-electron chi connectivity index (χ0n) is 22.3. The van der Waals surface area contributed by atoms with Gasteiger partial charge in [0.05, 0.1) is 25.9 Å². The Kier molecular flexibility index (Phi) is 7.74. The molecular weight excluding hydrogens is 685 g/mol. The molecule has 3 fully saturated rings. The number of imidazole rings is 2. The second kappa shape index (κ2) is 11.2. The van der Waals surface area contributed by atoms with Crippen LogP contribution in [0.25, 0.3) is 22.3 Å². The minimum absolute atomic E-state index is 0.0461. The number of anilines is 2. The molecule has 3 aliphatic heterocycles. The lowest BCUT2D eigenvalue weighted by molar-refractivity contribution is -0.0584. The Morgan fingerprint density at radius 3 is 2.47 bits per heavy atom. The zero-order valence-corrected chi connectivity index (χ0v) is 25.7. The number of alkyl halides is 1. The van der Waals surface area contributed by atoms with Gasteiger partial charge in [-0.15, -0.1) is 0 Å². The van der Waals surface area contributed by atoms with Crippen molar-refractivity contribution in [3.63, 3.8) is 0 Å². The Morgan fingerprint density at radius 1 is 1.00 bits per heavy atom. The number of aliphatic hydroxyl groups is 1. The maximum atomic E-state index is 16.0. The molecule has 0 amide bonds. The summed E-state index contributed by atoms with van der Waals surface area (Å²) >= 11 is 10.3. The van der Waals surface area contributed by atoms with E-state index in [0.29, 0.717) is 0 Å². The third-order valence-electron chi connectivity index (χ3n) is 7.27. The molecule has 242 valence electrons. The summed E-state index contributed by atoms with van der Waals surface area (Å²) < 4.78 is 65.7. The van der Waals surface area contributed by atoms with Crippen LogP contribution in [-0.4, -0.2) is 98.9 Å². The van der Waals surface area contributed by atoms with Gasteiger partial charge in [-0.05, 0) is 11.8 Å². The Balaban J connectivity index is 1.21. The number of aromatic nitrogens is 8. The molecule has 3 saturated heterocycles. The van der Waals surface area contributed by atoms with Gasteiger partial charge in [-0.2, -0.15) is 4.98 Å². The van der Waals surface area contributed by atoms with Crippen molar-refractivity contribution in [2.24, 2.45) is 0 Å². The normalized spacial score (nSPS) is 37.7. The molecule has 20 nitrogen and oxygen atoms in total. The van der Waals surface area contributed by atoms with Gasteiger partial charge in [-0.3, -0.25) is 28.0 Å². The Hall–Kier alpha value is -2.66. The highest BCUT2D eigenvalue weighted by molar-refractivity contribution is 8.32. The molecule has 0 spiro atoms. The molecule has 25 heteroatoms. The SMILES string of the molecule is Nc1nc2c(ncn2[C@@H]2O[C@@H]3COP(O)(=S)O[C@@H]4C(F)[C@H](n5cnc6c(N)ncnc65)O[C@@H]4COP(=O)([S-])O[C@H]2C3O)c(=O)[nH]1. The molecule has 3 aliphatic rings. The minimum atomic E-state index is -4.52. The average Bonchev–Trinajstić information content (AvgIpc) is 3.72. The van der Waals surface area contributed by atoms with Crippen molar-refractivity contribution in [2.75, 3.05) is 24.7 Å². The second-order valence-electron chi connectivity index (χ2n) is 10.1. The highest BCUT2D eigenvalue weighted by Crippen LogP contribution is 2.55. The smallest absolute Gasteiger partial charge is 0.325 e. The molecule has 0 aromatic carbocycles. The van der Waals surface area contributed by atoms with Gasteiger partial charge in [-0.1, -0.05) is 0 Å². The van der Waals surface area contributed by atoms with Gasteiger partial charge >= 0.3 is 6.72 Å². The number of nitrogens with zero attached hydrogens (tertiary/aromatic N) is 7. The van der Waals surface area contributed by atoms with Crippen LogP contribution in [0.4, 0.5) is 16.2 Å². The van der Waals surface area contributed by atoms with Gasteiger partial charge in [0.1, 0.15) is 42.4 Å². The number of rotatable bonds is 2. The number of halogens is 1. The van der Waals surface area contributed by atoms with Crippen molar-refractivity contribution < 1.29 is 46.5 Å². The number of hydrogen-bond donors (Lipinski definition) is 5. The van der Waals surface area contributed by atoms with E-state index in [1.807, 2.05) is 0 Å². The van der Waals surface area contributed by atoms with Crippen molar-refractivity contribution in [2.45, 2.75) is 49.1 Å². The molecule has 7 rings (SSSR count). The van der Waals surface area contributed by atoms with Crippen LogP contribution in [0.5, 0.6) is 0 Å². The summed E-state index contributed by atoms with van der Waals surface area (Å²) in [7, 11) is 0. The molecule has 0 aliphatic carbocycles. The van der Waals surface area contributed by atoms with Crippen LogP contribution in [0.2, 0.25) is 0 Å². The van der Waals surface area contributed by atoms with E-state index in [1.165, 1.54) is 15.5 Å². The largest absolute Gasteiger partial charge is 0.660 e. The maximum Gasteiger partial charge on any atom is 0.325 e. The molecule has 4 aromatic rings. The Labute approximate surface area is 260 Å². The lowest BCUT2D eigenvalue weighted by Crippen LogP contribution is -2.35. The van der Waals surface area contributed by atoms with Gasteiger partial charge in [0.15, 0.2) is 41.3 Å². The van der Waals surface area contributed by atoms with E-state index in [-0.39, 0.29) is 34.1 Å². The molecule has 0 saturated carbocycles. The van der Waals surface area contributed by atoms with E-state index in [2.05, 4.69) is 29.9 Å². The predicted octanol–water partition coefficient (Wildman–Crippen LogP) is -0.693. The predicted molar refractivity (Wildman–Crippen MR) is 154 cm³/mol. The molecule has 10 atom stereocenters. The second-order valence-corrected chi connectivity index (χ2v) is 15.6. The Bertz CT molecular complexity index is 1950. The fraction of sp³-hybridized carbons (Fsp3) is 0.500. The molecule has 4 unspecified atom stereocenters. The van der Waals surface area contributed by atoms with Gasteiger partial charge in [0.25, 0.3) is 5.56 Å². The number of hydrogen-bond acceptors (Lipinski definition) is 18. The number of ether oxygens (including phenoxy) is 2. The third-order valence-corrected chi connectivity index (χ3v) is 10.4.